The molecule has 2 amide bonds. The lowest BCUT2D eigenvalue weighted by Gasteiger charge is -2.13. The van der Waals surface area contributed by atoms with Gasteiger partial charge in [-0.05, 0) is 18.6 Å². The smallest absolute Gasteiger partial charge is 0.326 e. The van der Waals surface area contributed by atoms with Gasteiger partial charge in [0.2, 0.25) is 6.79 Å². The summed E-state index contributed by atoms with van der Waals surface area (Å²) < 4.78 is 10.3. The Hall–Kier alpha value is -2.70. The molecule has 20 heavy (non-hydrogen) atoms. The Labute approximate surface area is 115 Å². The number of anilines is 1. The number of fused-ring (bicyclic) bond motifs is 1. The summed E-state index contributed by atoms with van der Waals surface area (Å²) in [6.45, 7) is 3.59. The zero-order valence-electron chi connectivity index (χ0n) is 10.6. The van der Waals surface area contributed by atoms with E-state index in [1.54, 1.807) is 18.2 Å². The lowest BCUT2D eigenvalue weighted by Crippen LogP contribution is -2.42. The summed E-state index contributed by atoms with van der Waals surface area (Å²) in [5.41, 5.74) is 0.481. The summed E-state index contributed by atoms with van der Waals surface area (Å²) >= 11 is 0. The molecule has 1 heterocycles. The van der Waals surface area contributed by atoms with Crippen molar-refractivity contribution in [2.24, 2.45) is 0 Å². The van der Waals surface area contributed by atoms with Crippen LogP contribution in [-0.2, 0) is 4.79 Å². The summed E-state index contributed by atoms with van der Waals surface area (Å²) in [4.78, 5) is 22.6. The zero-order chi connectivity index (χ0) is 14.5. The minimum atomic E-state index is -1.12. The van der Waals surface area contributed by atoms with Crippen LogP contribution in [0.25, 0.3) is 0 Å². The standard InChI is InChI=1S/C13H14N2O5/c1-2-3-9(12(16)17)15-13(18)14-8-4-5-10-11(6-8)20-7-19-10/h2,4-6,9H,1,3,7H2,(H,16,17)(H2,14,15,18). The van der Waals surface area contributed by atoms with Crippen LogP contribution in [0.2, 0.25) is 0 Å². The maximum absolute atomic E-state index is 11.7. The molecule has 0 aliphatic carbocycles. The highest BCUT2D eigenvalue weighted by Gasteiger charge is 2.19. The number of aliphatic carboxylic acids is 1. The molecule has 1 aliphatic heterocycles. The molecule has 1 aromatic carbocycles. The minimum absolute atomic E-state index is 0.143. The highest BCUT2D eigenvalue weighted by Crippen LogP contribution is 2.34. The summed E-state index contributed by atoms with van der Waals surface area (Å²) in [6.07, 6.45) is 1.57. The van der Waals surface area contributed by atoms with Crippen molar-refractivity contribution in [2.75, 3.05) is 12.1 Å². The van der Waals surface area contributed by atoms with Gasteiger partial charge in [0.25, 0.3) is 0 Å². The van der Waals surface area contributed by atoms with Crippen LogP contribution in [-0.4, -0.2) is 29.9 Å². The van der Waals surface area contributed by atoms with Crippen LogP contribution in [0.15, 0.2) is 30.9 Å². The molecule has 7 heteroatoms. The first-order valence-corrected chi connectivity index (χ1v) is 5.91. The van der Waals surface area contributed by atoms with Crippen LogP contribution >= 0.6 is 0 Å². The number of hydrogen-bond donors (Lipinski definition) is 3. The fourth-order valence-electron chi connectivity index (χ4n) is 1.69. The maximum Gasteiger partial charge on any atom is 0.326 e. The van der Waals surface area contributed by atoms with Crippen molar-refractivity contribution in [3.63, 3.8) is 0 Å². The molecule has 0 fully saturated rings. The second kappa shape index (κ2) is 5.96. The highest BCUT2D eigenvalue weighted by molar-refractivity contribution is 5.92. The Kier molecular flexibility index (Phi) is 4.09. The van der Waals surface area contributed by atoms with E-state index in [1.165, 1.54) is 6.08 Å². The minimum Gasteiger partial charge on any atom is -0.480 e. The average Bonchev–Trinajstić information content (AvgIpc) is 2.85. The second-order valence-electron chi connectivity index (χ2n) is 4.08. The number of carboxylic acids is 1. The topological polar surface area (TPSA) is 96.9 Å². The molecule has 2 rings (SSSR count). The quantitative estimate of drug-likeness (QED) is 0.710. The molecule has 0 saturated carbocycles. The third kappa shape index (κ3) is 3.19. The van der Waals surface area contributed by atoms with Gasteiger partial charge in [-0.3, -0.25) is 0 Å². The Bertz CT molecular complexity index is 544. The van der Waals surface area contributed by atoms with Crippen LogP contribution in [0.5, 0.6) is 11.5 Å². The molecule has 1 atom stereocenters. The van der Waals surface area contributed by atoms with Gasteiger partial charge in [-0.15, -0.1) is 6.58 Å². The normalized spacial score (nSPS) is 13.4. The van der Waals surface area contributed by atoms with Gasteiger partial charge >= 0.3 is 12.0 Å². The van der Waals surface area contributed by atoms with Crippen molar-refractivity contribution in [1.82, 2.24) is 5.32 Å². The number of nitrogens with one attached hydrogen (secondary N) is 2. The molecule has 0 saturated heterocycles. The number of benzene rings is 1. The third-order valence-electron chi connectivity index (χ3n) is 2.64. The molecular weight excluding hydrogens is 264 g/mol. The summed E-state index contributed by atoms with van der Waals surface area (Å²) in [5.74, 6) is 0.0143. The Morgan fingerprint density at radius 2 is 2.15 bits per heavy atom. The van der Waals surface area contributed by atoms with Crippen LogP contribution in [0.1, 0.15) is 6.42 Å². The number of carbonyl (C=O) groups excluding carboxylic acids is 1. The number of urea groups is 1. The van der Waals surface area contributed by atoms with Crippen molar-refractivity contribution < 1.29 is 24.2 Å². The number of carbonyl (C=O) groups is 2. The Balaban J connectivity index is 1.97. The molecule has 1 unspecified atom stereocenters. The van der Waals surface area contributed by atoms with Crippen molar-refractivity contribution in [1.29, 1.82) is 0 Å². The zero-order valence-corrected chi connectivity index (χ0v) is 10.6. The van der Waals surface area contributed by atoms with E-state index in [-0.39, 0.29) is 13.2 Å². The molecule has 0 bridgehead atoms. The number of ether oxygens (including phenoxy) is 2. The van der Waals surface area contributed by atoms with Crippen LogP contribution < -0.4 is 20.1 Å². The van der Waals surface area contributed by atoms with Crippen LogP contribution in [0.4, 0.5) is 10.5 Å². The van der Waals surface area contributed by atoms with E-state index < -0.39 is 18.0 Å². The summed E-state index contributed by atoms with van der Waals surface area (Å²) in [6, 6.07) is 3.28. The summed E-state index contributed by atoms with van der Waals surface area (Å²) in [5, 5.41) is 13.8. The van der Waals surface area contributed by atoms with Crippen molar-refractivity contribution in [3.05, 3.63) is 30.9 Å². The van der Waals surface area contributed by atoms with Crippen LogP contribution in [0.3, 0.4) is 0 Å². The first kappa shape index (κ1) is 13.7. The molecule has 1 aliphatic rings. The largest absolute Gasteiger partial charge is 0.480 e. The molecule has 0 radical (unpaired) electrons. The molecule has 1 aromatic rings. The van der Waals surface area contributed by atoms with Gasteiger partial charge in [-0.1, -0.05) is 6.08 Å². The average molecular weight is 278 g/mol. The summed E-state index contributed by atoms with van der Waals surface area (Å²) in [7, 11) is 0. The fraction of sp³-hybridized carbons (Fsp3) is 0.231. The predicted molar refractivity (Wildman–Crippen MR) is 71.0 cm³/mol. The van der Waals surface area contributed by atoms with Gasteiger partial charge in [0.05, 0.1) is 0 Å². The SMILES string of the molecule is C=CCC(NC(=O)Nc1ccc2c(c1)OCO2)C(=O)O. The van der Waals surface area contributed by atoms with Gasteiger partial charge in [0.15, 0.2) is 11.5 Å². The lowest BCUT2D eigenvalue weighted by molar-refractivity contribution is -0.139. The van der Waals surface area contributed by atoms with Crippen molar-refractivity contribution in [3.8, 4) is 11.5 Å². The van der Waals surface area contributed by atoms with E-state index in [2.05, 4.69) is 17.2 Å². The first-order valence-electron chi connectivity index (χ1n) is 5.91. The molecule has 3 N–H and O–H groups in total. The number of carboxylic acid groups (broad SMARTS) is 1. The van der Waals surface area contributed by atoms with Crippen molar-refractivity contribution in [2.45, 2.75) is 12.5 Å². The van der Waals surface area contributed by atoms with E-state index in [9.17, 15) is 9.59 Å². The molecular formula is C13H14N2O5. The molecule has 0 spiro atoms. The van der Waals surface area contributed by atoms with Crippen molar-refractivity contribution >= 4 is 17.7 Å². The van der Waals surface area contributed by atoms with E-state index in [0.29, 0.717) is 17.2 Å². The predicted octanol–water partition coefficient (Wildman–Crippen LogP) is 1.57. The van der Waals surface area contributed by atoms with Gasteiger partial charge in [-0.2, -0.15) is 0 Å². The number of hydrogen-bond acceptors (Lipinski definition) is 4. The number of amides is 2. The molecule has 106 valence electrons. The van der Waals surface area contributed by atoms with Gasteiger partial charge in [0.1, 0.15) is 6.04 Å². The van der Waals surface area contributed by atoms with E-state index in [0.717, 1.165) is 0 Å². The Morgan fingerprint density at radius 1 is 1.40 bits per heavy atom. The monoisotopic (exact) mass is 278 g/mol. The number of rotatable bonds is 5. The molecule has 0 aromatic heterocycles. The third-order valence-corrected chi connectivity index (χ3v) is 2.64. The van der Waals surface area contributed by atoms with E-state index in [4.69, 9.17) is 14.6 Å². The fourth-order valence-corrected chi connectivity index (χ4v) is 1.69. The van der Waals surface area contributed by atoms with E-state index in [1.807, 2.05) is 0 Å². The van der Waals surface area contributed by atoms with Gasteiger partial charge in [-0.25, -0.2) is 9.59 Å². The first-order chi connectivity index (χ1) is 9.60. The maximum atomic E-state index is 11.7. The van der Waals surface area contributed by atoms with E-state index >= 15 is 0 Å². The van der Waals surface area contributed by atoms with Gasteiger partial charge < -0.3 is 25.2 Å². The second-order valence-corrected chi connectivity index (χ2v) is 4.08. The Morgan fingerprint density at radius 3 is 2.85 bits per heavy atom. The molecule has 7 nitrogen and oxygen atoms in total. The van der Waals surface area contributed by atoms with Crippen LogP contribution in [0, 0.1) is 0 Å². The highest BCUT2D eigenvalue weighted by atomic mass is 16.7. The van der Waals surface area contributed by atoms with Gasteiger partial charge in [0, 0.05) is 11.8 Å². The lowest BCUT2D eigenvalue weighted by atomic mass is 10.2.